The van der Waals surface area contributed by atoms with Crippen molar-refractivity contribution in [3.63, 3.8) is 0 Å². The number of piperidine rings is 1. The number of hydrogen-bond acceptors (Lipinski definition) is 3. The molecule has 0 radical (unpaired) electrons. The van der Waals surface area contributed by atoms with Crippen LogP contribution in [-0.4, -0.2) is 66.2 Å². The number of nitrogens with zero attached hydrogens (tertiary/aromatic N) is 2. The van der Waals surface area contributed by atoms with Gasteiger partial charge in [0.25, 0.3) is 0 Å². The van der Waals surface area contributed by atoms with Crippen LogP contribution in [0.25, 0.3) is 0 Å². The second kappa shape index (κ2) is 7.33. The Morgan fingerprint density at radius 2 is 2.00 bits per heavy atom. The van der Waals surface area contributed by atoms with E-state index in [1.807, 2.05) is 6.92 Å². The second-order valence-electron chi connectivity index (χ2n) is 5.27. The summed E-state index contributed by atoms with van der Waals surface area (Å²) in [4.78, 5) is 27.0. The summed E-state index contributed by atoms with van der Waals surface area (Å²) in [6.45, 7) is 3.85. The number of nitrogens with one attached hydrogen (secondary N) is 1. The number of hydrogen-bond donors (Lipinski definition) is 2. The number of urea groups is 1. The van der Waals surface area contributed by atoms with Crippen molar-refractivity contribution in [3.05, 3.63) is 0 Å². The summed E-state index contributed by atoms with van der Waals surface area (Å²) in [5.74, 6) is -0.966. The van der Waals surface area contributed by atoms with E-state index >= 15 is 0 Å². The molecular weight excluding hydrogens is 246 g/mol. The van der Waals surface area contributed by atoms with Crippen molar-refractivity contribution >= 4 is 12.0 Å². The summed E-state index contributed by atoms with van der Waals surface area (Å²) in [5.41, 5.74) is 0. The van der Waals surface area contributed by atoms with E-state index in [1.54, 1.807) is 11.9 Å². The van der Waals surface area contributed by atoms with Crippen LogP contribution in [0.2, 0.25) is 0 Å². The number of carbonyl (C=O) groups excluding carboxylic acids is 1. The van der Waals surface area contributed by atoms with E-state index in [4.69, 9.17) is 5.11 Å². The topological polar surface area (TPSA) is 72.9 Å². The molecule has 110 valence electrons. The van der Waals surface area contributed by atoms with E-state index in [-0.39, 0.29) is 12.1 Å². The zero-order valence-corrected chi connectivity index (χ0v) is 12.1. The van der Waals surface area contributed by atoms with Gasteiger partial charge in [0.15, 0.2) is 0 Å². The summed E-state index contributed by atoms with van der Waals surface area (Å²) >= 11 is 0. The van der Waals surface area contributed by atoms with Gasteiger partial charge in [-0.2, -0.15) is 0 Å². The minimum absolute atomic E-state index is 0.201. The Hall–Kier alpha value is -1.30. The Morgan fingerprint density at radius 3 is 2.47 bits per heavy atom. The molecule has 0 spiro atoms. The molecular formula is C13H25N3O3. The second-order valence-corrected chi connectivity index (χ2v) is 5.27. The lowest BCUT2D eigenvalue weighted by atomic mass is 10.0. The Kier molecular flexibility index (Phi) is 6.08. The Labute approximate surface area is 114 Å². The summed E-state index contributed by atoms with van der Waals surface area (Å²) in [7, 11) is 3.81. The fraction of sp³-hybridized carbons (Fsp3) is 0.846. The Balaban J connectivity index is 2.49. The van der Waals surface area contributed by atoms with Crippen LogP contribution >= 0.6 is 0 Å². The van der Waals surface area contributed by atoms with Crippen LogP contribution in [0.5, 0.6) is 0 Å². The molecule has 1 heterocycles. The van der Waals surface area contributed by atoms with Gasteiger partial charge < -0.3 is 20.2 Å². The molecule has 1 unspecified atom stereocenters. The van der Waals surface area contributed by atoms with Gasteiger partial charge in [0.1, 0.15) is 6.04 Å². The first kappa shape index (κ1) is 15.8. The number of rotatable bonds is 5. The molecule has 1 atom stereocenters. The fourth-order valence-electron chi connectivity index (χ4n) is 2.35. The van der Waals surface area contributed by atoms with Gasteiger partial charge in [-0.25, -0.2) is 9.59 Å². The molecule has 2 N–H and O–H groups in total. The number of carbonyl (C=O) groups is 2. The van der Waals surface area contributed by atoms with E-state index in [1.165, 1.54) is 0 Å². The molecule has 2 amide bonds. The molecule has 1 aliphatic rings. The third-order valence-corrected chi connectivity index (χ3v) is 3.73. The number of carboxylic acid groups (broad SMARTS) is 1. The van der Waals surface area contributed by atoms with Crippen LogP contribution in [0.1, 0.15) is 32.6 Å². The Bertz CT molecular complexity index is 314. The molecule has 0 saturated carbocycles. The van der Waals surface area contributed by atoms with Gasteiger partial charge in [-0.1, -0.05) is 13.3 Å². The molecule has 0 aliphatic carbocycles. The van der Waals surface area contributed by atoms with Gasteiger partial charge in [0.2, 0.25) is 0 Å². The van der Waals surface area contributed by atoms with Crippen LogP contribution < -0.4 is 5.32 Å². The highest BCUT2D eigenvalue weighted by atomic mass is 16.4. The smallest absolute Gasteiger partial charge is 0.326 e. The summed E-state index contributed by atoms with van der Waals surface area (Å²) in [6.07, 6.45) is 3.06. The van der Waals surface area contributed by atoms with E-state index in [0.717, 1.165) is 32.4 Å². The third-order valence-electron chi connectivity index (χ3n) is 3.73. The highest BCUT2D eigenvalue weighted by molar-refractivity contribution is 5.82. The van der Waals surface area contributed by atoms with Crippen molar-refractivity contribution in [1.82, 2.24) is 15.1 Å². The van der Waals surface area contributed by atoms with Gasteiger partial charge in [0, 0.05) is 13.1 Å². The lowest BCUT2D eigenvalue weighted by Crippen LogP contribution is -2.52. The molecule has 1 saturated heterocycles. The lowest BCUT2D eigenvalue weighted by Gasteiger charge is -2.35. The minimum Gasteiger partial charge on any atom is -0.480 e. The van der Waals surface area contributed by atoms with E-state index in [9.17, 15) is 9.59 Å². The SMILES string of the molecule is CCCC(NC(=O)N(C)C1CCN(C)CC1)C(=O)O. The number of aliphatic carboxylic acids is 1. The van der Waals surface area contributed by atoms with E-state index in [0.29, 0.717) is 6.42 Å². The molecule has 6 nitrogen and oxygen atoms in total. The van der Waals surface area contributed by atoms with E-state index in [2.05, 4.69) is 17.3 Å². The highest BCUT2D eigenvalue weighted by Gasteiger charge is 2.26. The lowest BCUT2D eigenvalue weighted by molar-refractivity contribution is -0.139. The average molecular weight is 271 g/mol. The molecule has 0 aromatic rings. The number of likely N-dealkylation sites (tertiary alicyclic amines) is 1. The molecule has 1 rings (SSSR count). The largest absolute Gasteiger partial charge is 0.480 e. The van der Waals surface area contributed by atoms with Crippen molar-refractivity contribution in [3.8, 4) is 0 Å². The fourth-order valence-corrected chi connectivity index (χ4v) is 2.35. The Morgan fingerprint density at radius 1 is 1.42 bits per heavy atom. The van der Waals surface area contributed by atoms with Crippen molar-refractivity contribution in [2.45, 2.75) is 44.7 Å². The normalized spacial score (nSPS) is 18.9. The zero-order chi connectivity index (χ0) is 14.4. The summed E-state index contributed by atoms with van der Waals surface area (Å²) in [6, 6.07) is -0.867. The first-order valence-electron chi connectivity index (χ1n) is 6.90. The average Bonchev–Trinajstić information content (AvgIpc) is 2.38. The number of amides is 2. The van der Waals surface area contributed by atoms with Crippen LogP contribution in [0.3, 0.4) is 0 Å². The molecule has 1 fully saturated rings. The maximum atomic E-state index is 12.1. The van der Waals surface area contributed by atoms with Crippen LogP contribution in [0, 0.1) is 0 Å². The van der Waals surface area contributed by atoms with Crippen LogP contribution in [-0.2, 0) is 4.79 Å². The predicted molar refractivity (Wildman–Crippen MR) is 73.1 cm³/mol. The van der Waals surface area contributed by atoms with Gasteiger partial charge in [0.05, 0.1) is 0 Å². The summed E-state index contributed by atoms with van der Waals surface area (Å²) in [5, 5.41) is 11.6. The zero-order valence-electron chi connectivity index (χ0n) is 12.1. The van der Waals surface area contributed by atoms with Crippen molar-refractivity contribution < 1.29 is 14.7 Å². The summed E-state index contributed by atoms with van der Waals surface area (Å²) < 4.78 is 0. The van der Waals surface area contributed by atoms with Gasteiger partial charge in [-0.05, 0) is 39.4 Å². The minimum atomic E-state index is -0.966. The van der Waals surface area contributed by atoms with Crippen molar-refractivity contribution in [2.75, 3.05) is 27.2 Å². The van der Waals surface area contributed by atoms with E-state index < -0.39 is 12.0 Å². The first-order valence-corrected chi connectivity index (χ1v) is 6.90. The molecule has 6 heteroatoms. The van der Waals surface area contributed by atoms with Crippen LogP contribution in [0.15, 0.2) is 0 Å². The van der Waals surface area contributed by atoms with Crippen molar-refractivity contribution in [2.24, 2.45) is 0 Å². The third kappa shape index (κ3) is 4.70. The molecule has 1 aliphatic heterocycles. The van der Waals surface area contributed by atoms with Crippen molar-refractivity contribution in [1.29, 1.82) is 0 Å². The van der Waals surface area contributed by atoms with Gasteiger partial charge >= 0.3 is 12.0 Å². The maximum Gasteiger partial charge on any atom is 0.326 e. The number of carboxylic acids is 1. The molecule has 0 aromatic carbocycles. The van der Waals surface area contributed by atoms with Gasteiger partial charge in [-0.15, -0.1) is 0 Å². The predicted octanol–water partition coefficient (Wildman–Crippen LogP) is 0.975. The highest BCUT2D eigenvalue weighted by Crippen LogP contribution is 2.14. The molecule has 0 aromatic heterocycles. The maximum absolute atomic E-state index is 12.1. The molecule has 0 bridgehead atoms. The monoisotopic (exact) mass is 271 g/mol. The van der Waals surface area contributed by atoms with Crippen LogP contribution in [0.4, 0.5) is 4.79 Å². The van der Waals surface area contributed by atoms with Gasteiger partial charge in [-0.3, -0.25) is 0 Å². The molecule has 19 heavy (non-hydrogen) atoms. The quantitative estimate of drug-likeness (QED) is 0.781. The standard InChI is InChI=1S/C13H25N3O3/c1-4-5-11(12(17)18)14-13(19)16(3)10-6-8-15(2)9-7-10/h10-11H,4-9H2,1-3H3,(H,14,19)(H,17,18). The first-order chi connectivity index (χ1) is 8.95.